The van der Waals surface area contributed by atoms with Gasteiger partial charge in [0, 0.05) is 11.6 Å². The summed E-state index contributed by atoms with van der Waals surface area (Å²) < 4.78 is 1.69. The molecule has 7 nitrogen and oxygen atoms in total. The number of rotatable bonds is 5. The summed E-state index contributed by atoms with van der Waals surface area (Å²) >= 11 is 1.21. The summed E-state index contributed by atoms with van der Waals surface area (Å²) in [6.07, 6.45) is 1.86. The summed E-state index contributed by atoms with van der Waals surface area (Å²) in [6.45, 7) is 1.72. The van der Waals surface area contributed by atoms with Gasteiger partial charge < -0.3 is 0 Å². The number of para-hydroxylation sites is 1. The molecule has 1 aliphatic carbocycles. The average molecular weight is 408 g/mol. The van der Waals surface area contributed by atoms with Crippen LogP contribution < -0.4 is 16.4 Å². The van der Waals surface area contributed by atoms with Crippen molar-refractivity contribution in [2.75, 3.05) is 0 Å². The van der Waals surface area contributed by atoms with Crippen LogP contribution in [0.4, 0.5) is 0 Å². The summed E-state index contributed by atoms with van der Waals surface area (Å²) in [5.74, 6) is -0.765. The first-order valence-corrected chi connectivity index (χ1v) is 10.3. The Morgan fingerprint density at radius 2 is 1.76 bits per heavy atom. The van der Waals surface area contributed by atoms with Crippen LogP contribution >= 0.6 is 11.8 Å². The quantitative estimate of drug-likeness (QED) is 0.385. The minimum Gasteiger partial charge on any atom is -0.284 e. The van der Waals surface area contributed by atoms with Gasteiger partial charge in [-0.25, -0.2) is 4.98 Å². The normalized spacial score (nSPS) is 14.4. The number of hydrogen-bond donors (Lipinski definition) is 2. The van der Waals surface area contributed by atoms with Gasteiger partial charge in [0.15, 0.2) is 5.16 Å². The molecule has 148 valence electrons. The maximum absolute atomic E-state index is 12.9. The number of hydrazine groups is 1. The van der Waals surface area contributed by atoms with Gasteiger partial charge in [0.2, 0.25) is 0 Å². The Morgan fingerprint density at radius 3 is 2.48 bits per heavy atom. The molecule has 2 aromatic carbocycles. The number of thioether (sulfide) groups is 1. The van der Waals surface area contributed by atoms with E-state index in [0.29, 0.717) is 21.6 Å². The molecule has 1 saturated carbocycles. The monoisotopic (exact) mass is 408 g/mol. The van der Waals surface area contributed by atoms with Crippen LogP contribution in [-0.2, 0) is 4.79 Å². The van der Waals surface area contributed by atoms with Crippen molar-refractivity contribution >= 4 is 34.5 Å². The van der Waals surface area contributed by atoms with Gasteiger partial charge in [-0.1, -0.05) is 42.1 Å². The van der Waals surface area contributed by atoms with E-state index < -0.39 is 11.2 Å². The van der Waals surface area contributed by atoms with Crippen LogP contribution in [0.3, 0.4) is 0 Å². The van der Waals surface area contributed by atoms with E-state index in [2.05, 4.69) is 15.8 Å². The molecule has 4 rings (SSSR count). The molecule has 1 fully saturated rings. The molecule has 0 aliphatic heterocycles. The molecular weight excluding hydrogens is 388 g/mol. The Bertz CT molecular complexity index is 1130. The Balaban J connectivity index is 1.49. The summed E-state index contributed by atoms with van der Waals surface area (Å²) in [5.41, 5.74) is 5.84. The Morgan fingerprint density at radius 1 is 1.07 bits per heavy atom. The van der Waals surface area contributed by atoms with Gasteiger partial charge >= 0.3 is 0 Å². The Labute approximate surface area is 171 Å². The topological polar surface area (TPSA) is 93.1 Å². The molecule has 0 unspecified atom stereocenters. The zero-order chi connectivity index (χ0) is 20.4. The minimum absolute atomic E-state index is 0.0782. The first-order valence-electron chi connectivity index (χ1n) is 9.38. The number of nitrogens with zero attached hydrogens (tertiary/aromatic N) is 2. The number of benzene rings is 2. The van der Waals surface area contributed by atoms with Gasteiger partial charge in [-0.3, -0.25) is 29.8 Å². The predicted octanol–water partition coefficient (Wildman–Crippen LogP) is 2.67. The third kappa shape index (κ3) is 4.17. The molecule has 1 atom stereocenters. The largest absolute Gasteiger partial charge is 0.284 e. The molecule has 0 radical (unpaired) electrons. The highest BCUT2D eigenvalue weighted by molar-refractivity contribution is 8.00. The lowest BCUT2D eigenvalue weighted by molar-refractivity contribution is -0.121. The summed E-state index contributed by atoms with van der Waals surface area (Å²) in [6, 6.07) is 16.0. The lowest BCUT2D eigenvalue weighted by Crippen LogP contribution is -2.45. The zero-order valence-corrected chi connectivity index (χ0v) is 16.6. The molecule has 3 aromatic rings. The molecule has 2 N–H and O–H groups in total. The second-order valence-corrected chi connectivity index (χ2v) is 8.20. The molecular formula is C21H20N4O3S. The molecule has 8 heteroatoms. The second-order valence-electron chi connectivity index (χ2n) is 6.89. The highest BCUT2D eigenvalue weighted by atomic mass is 32.2. The van der Waals surface area contributed by atoms with Crippen molar-refractivity contribution in [3.05, 3.63) is 70.5 Å². The second kappa shape index (κ2) is 8.08. The van der Waals surface area contributed by atoms with E-state index in [-0.39, 0.29) is 17.5 Å². The first kappa shape index (κ1) is 19.2. The van der Waals surface area contributed by atoms with Gasteiger partial charge in [0.1, 0.15) is 0 Å². The maximum Gasteiger partial charge on any atom is 0.269 e. The van der Waals surface area contributed by atoms with E-state index in [0.717, 1.165) is 12.8 Å². The summed E-state index contributed by atoms with van der Waals surface area (Å²) in [7, 11) is 0. The van der Waals surface area contributed by atoms with E-state index in [9.17, 15) is 14.4 Å². The molecule has 1 aromatic heterocycles. The fourth-order valence-electron chi connectivity index (χ4n) is 2.96. The molecule has 2 amide bonds. The van der Waals surface area contributed by atoms with Crippen molar-refractivity contribution in [1.82, 2.24) is 20.4 Å². The van der Waals surface area contributed by atoms with Crippen LogP contribution in [0.15, 0.2) is 64.5 Å². The Hall–Kier alpha value is -3.13. The van der Waals surface area contributed by atoms with E-state index in [1.54, 1.807) is 47.9 Å². The van der Waals surface area contributed by atoms with E-state index in [1.807, 2.05) is 18.2 Å². The fraction of sp³-hybridized carbons (Fsp3) is 0.238. The highest BCUT2D eigenvalue weighted by Crippen LogP contribution is 2.37. The van der Waals surface area contributed by atoms with Crippen LogP contribution in [-0.4, -0.2) is 26.6 Å². The van der Waals surface area contributed by atoms with Crippen LogP contribution in [0.1, 0.15) is 36.2 Å². The zero-order valence-electron chi connectivity index (χ0n) is 15.8. The van der Waals surface area contributed by atoms with Gasteiger partial charge in [0.05, 0.1) is 16.2 Å². The first-order chi connectivity index (χ1) is 14.0. The molecule has 0 saturated heterocycles. The number of amides is 2. The van der Waals surface area contributed by atoms with Crippen LogP contribution in [0.2, 0.25) is 0 Å². The number of carbonyl (C=O) groups excluding carboxylic acids is 2. The van der Waals surface area contributed by atoms with Crippen molar-refractivity contribution in [1.29, 1.82) is 0 Å². The minimum atomic E-state index is -0.552. The standard InChI is InChI=1S/C21H20N4O3S/c1-13(18(26)23-24-19(27)14-7-3-2-4-8-14)29-21-22-17-10-6-5-9-16(17)20(28)25(21)15-11-12-15/h2-10,13,15H,11-12H2,1H3,(H,23,26)(H,24,27)/t13-/m0/s1. The smallest absolute Gasteiger partial charge is 0.269 e. The number of carbonyl (C=O) groups is 2. The molecule has 0 bridgehead atoms. The van der Waals surface area contributed by atoms with E-state index >= 15 is 0 Å². The third-order valence-corrected chi connectivity index (χ3v) is 5.74. The van der Waals surface area contributed by atoms with Crippen LogP contribution in [0, 0.1) is 0 Å². The van der Waals surface area contributed by atoms with Crippen molar-refractivity contribution < 1.29 is 9.59 Å². The number of aromatic nitrogens is 2. The Kier molecular flexibility index (Phi) is 5.35. The average Bonchev–Trinajstić information content (AvgIpc) is 3.57. The SMILES string of the molecule is C[C@H](Sc1nc2ccccc2c(=O)n1C1CC1)C(=O)NNC(=O)c1ccccc1. The number of fused-ring (bicyclic) bond motifs is 1. The molecule has 1 heterocycles. The molecule has 0 spiro atoms. The summed E-state index contributed by atoms with van der Waals surface area (Å²) in [4.78, 5) is 42.1. The fourth-order valence-corrected chi connectivity index (χ4v) is 3.94. The molecule has 1 aliphatic rings. The van der Waals surface area contributed by atoms with Crippen LogP contribution in [0.5, 0.6) is 0 Å². The van der Waals surface area contributed by atoms with E-state index in [1.165, 1.54) is 11.8 Å². The van der Waals surface area contributed by atoms with Crippen molar-refractivity contribution in [3.63, 3.8) is 0 Å². The van der Waals surface area contributed by atoms with Crippen molar-refractivity contribution in [2.24, 2.45) is 0 Å². The lowest BCUT2D eigenvalue weighted by atomic mass is 10.2. The number of hydrogen-bond acceptors (Lipinski definition) is 5. The van der Waals surface area contributed by atoms with Gasteiger partial charge in [0.25, 0.3) is 17.4 Å². The van der Waals surface area contributed by atoms with Crippen molar-refractivity contribution in [2.45, 2.75) is 36.2 Å². The molecule has 29 heavy (non-hydrogen) atoms. The summed E-state index contributed by atoms with van der Waals surface area (Å²) in [5, 5.41) is 0.549. The predicted molar refractivity (Wildman–Crippen MR) is 112 cm³/mol. The van der Waals surface area contributed by atoms with Crippen molar-refractivity contribution in [3.8, 4) is 0 Å². The van der Waals surface area contributed by atoms with Gasteiger partial charge in [-0.2, -0.15) is 0 Å². The van der Waals surface area contributed by atoms with Gasteiger partial charge in [-0.15, -0.1) is 0 Å². The van der Waals surface area contributed by atoms with Gasteiger partial charge in [-0.05, 0) is 44.0 Å². The van der Waals surface area contributed by atoms with E-state index in [4.69, 9.17) is 0 Å². The lowest BCUT2D eigenvalue weighted by Gasteiger charge is -2.16. The highest BCUT2D eigenvalue weighted by Gasteiger charge is 2.30. The third-order valence-electron chi connectivity index (χ3n) is 4.67. The maximum atomic E-state index is 12.9. The van der Waals surface area contributed by atoms with Crippen LogP contribution in [0.25, 0.3) is 10.9 Å². The number of nitrogens with one attached hydrogen (secondary N) is 2.